The average Bonchev–Trinajstić information content (AvgIpc) is 2.91. The molecule has 2 unspecified atom stereocenters. The van der Waals surface area contributed by atoms with Crippen molar-refractivity contribution in [3.05, 3.63) is 0 Å². The minimum Gasteiger partial charge on any atom is -0.460 e. The quantitative estimate of drug-likeness (QED) is 0.544. The van der Waals surface area contributed by atoms with Gasteiger partial charge in [0.25, 0.3) is 0 Å². The number of ether oxygens (including phenoxy) is 1. The van der Waals surface area contributed by atoms with Crippen LogP contribution in [0.4, 0.5) is 0 Å². The van der Waals surface area contributed by atoms with E-state index in [0.717, 1.165) is 51.4 Å². The number of carbonyl (C=O) groups excluding carboxylic acids is 2. The van der Waals surface area contributed by atoms with E-state index >= 15 is 0 Å². The molecule has 0 bridgehead atoms. The molecular formula is C25H37NO4. The Morgan fingerprint density at radius 1 is 1.20 bits per heavy atom. The van der Waals surface area contributed by atoms with Crippen LogP contribution in [0.3, 0.4) is 0 Å². The van der Waals surface area contributed by atoms with Gasteiger partial charge in [0.15, 0.2) is 0 Å². The van der Waals surface area contributed by atoms with Crippen LogP contribution in [-0.4, -0.2) is 28.1 Å². The van der Waals surface area contributed by atoms with Crippen LogP contribution in [0.25, 0.3) is 0 Å². The van der Waals surface area contributed by atoms with E-state index in [1.807, 2.05) is 6.07 Å². The predicted molar refractivity (Wildman–Crippen MR) is 112 cm³/mol. The molecule has 4 aliphatic rings. The van der Waals surface area contributed by atoms with Crippen LogP contribution in [0.1, 0.15) is 85.5 Å². The zero-order valence-electron chi connectivity index (χ0n) is 18.9. The van der Waals surface area contributed by atoms with Crippen LogP contribution in [-0.2, 0) is 14.3 Å². The second-order valence-electron chi connectivity index (χ2n) is 11.6. The van der Waals surface area contributed by atoms with Crippen molar-refractivity contribution >= 4 is 11.8 Å². The fraction of sp³-hybridized carbons (Fsp3) is 0.880. The van der Waals surface area contributed by atoms with Crippen LogP contribution < -0.4 is 0 Å². The number of esters is 1. The first kappa shape index (κ1) is 21.8. The molecule has 5 nitrogen and oxygen atoms in total. The van der Waals surface area contributed by atoms with Gasteiger partial charge < -0.3 is 9.84 Å². The van der Waals surface area contributed by atoms with Gasteiger partial charge in [-0.2, -0.15) is 5.26 Å². The smallest absolute Gasteiger partial charge is 0.303 e. The number of rotatable bonds is 3. The van der Waals surface area contributed by atoms with Crippen LogP contribution in [0.15, 0.2) is 0 Å². The highest BCUT2D eigenvalue weighted by Gasteiger charge is 2.60. The summed E-state index contributed by atoms with van der Waals surface area (Å²) in [7, 11) is 0. The van der Waals surface area contributed by atoms with Crippen molar-refractivity contribution in [2.75, 3.05) is 0 Å². The Hall–Kier alpha value is -1.41. The molecular weight excluding hydrogens is 378 g/mol. The van der Waals surface area contributed by atoms with Crippen molar-refractivity contribution in [1.29, 1.82) is 5.26 Å². The van der Waals surface area contributed by atoms with E-state index in [4.69, 9.17) is 4.74 Å². The SMILES string of the molecule is CC(=O)O[C@]1(C)CC[C@H]2[C@H](CC[C@@H]3[C@@H]2CC[C@]2(C)C(=O)C(CC(C)(O)C#N)C[C@@H]32)C1. The number of nitriles is 1. The molecule has 4 saturated carbocycles. The minimum absolute atomic E-state index is 0.179. The van der Waals surface area contributed by atoms with Crippen molar-refractivity contribution < 1.29 is 19.4 Å². The molecule has 0 aliphatic heterocycles. The maximum Gasteiger partial charge on any atom is 0.303 e. The molecule has 4 aliphatic carbocycles. The normalized spacial score (nSPS) is 47.3. The third-order valence-corrected chi connectivity index (χ3v) is 9.36. The van der Waals surface area contributed by atoms with Crippen LogP contribution in [0.2, 0.25) is 0 Å². The number of fused-ring (bicyclic) bond motifs is 5. The molecule has 1 N–H and O–H groups in total. The Labute approximate surface area is 180 Å². The Bertz CT molecular complexity index is 770. The highest BCUT2D eigenvalue weighted by molar-refractivity contribution is 5.89. The monoisotopic (exact) mass is 415 g/mol. The topological polar surface area (TPSA) is 87.4 Å². The number of hydrogen-bond donors (Lipinski definition) is 1. The number of hydrogen-bond acceptors (Lipinski definition) is 5. The molecule has 0 aromatic heterocycles. The zero-order valence-corrected chi connectivity index (χ0v) is 18.9. The summed E-state index contributed by atoms with van der Waals surface area (Å²) in [4.78, 5) is 24.9. The van der Waals surface area contributed by atoms with Gasteiger partial charge in [-0.1, -0.05) is 6.92 Å². The highest BCUT2D eigenvalue weighted by atomic mass is 16.6. The Morgan fingerprint density at radius 2 is 1.90 bits per heavy atom. The van der Waals surface area contributed by atoms with Gasteiger partial charge in [0.05, 0.1) is 6.07 Å². The van der Waals surface area contributed by atoms with Gasteiger partial charge in [-0.15, -0.1) is 0 Å². The van der Waals surface area contributed by atoms with E-state index in [0.29, 0.717) is 29.6 Å². The van der Waals surface area contributed by atoms with Gasteiger partial charge in [-0.05, 0) is 101 Å². The molecule has 0 saturated heterocycles. The Kier molecular flexibility index (Phi) is 5.33. The summed E-state index contributed by atoms with van der Waals surface area (Å²) in [6, 6.07) is 1.96. The van der Waals surface area contributed by atoms with Gasteiger partial charge in [0, 0.05) is 18.3 Å². The summed E-state index contributed by atoms with van der Waals surface area (Å²) < 4.78 is 5.70. The summed E-state index contributed by atoms with van der Waals surface area (Å²) in [5, 5.41) is 19.5. The lowest BCUT2D eigenvalue weighted by Gasteiger charge is -2.56. The second kappa shape index (κ2) is 7.33. The number of ketones is 1. The number of nitrogens with zero attached hydrogens (tertiary/aromatic N) is 1. The number of carbonyl (C=O) groups is 2. The summed E-state index contributed by atoms with van der Waals surface area (Å²) in [6.07, 6.45) is 8.46. The van der Waals surface area contributed by atoms with Gasteiger partial charge in [0.2, 0.25) is 0 Å². The Balaban J connectivity index is 1.50. The van der Waals surface area contributed by atoms with E-state index < -0.39 is 5.60 Å². The summed E-state index contributed by atoms with van der Waals surface area (Å²) in [5.74, 6) is 2.82. The predicted octanol–water partition coefficient (Wildman–Crippen LogP) is 4.42. The maximum atomic E-state index is 13.3. The van der Waals surface area contributed by atoms with Crippen LogP contribution >= 0.6 is 0 Å². The molecule has 9 atom stereocenters. The van der Waals surface area contributed by atoms with Crippen molar-refractivity contribution in [3.8, 4) is 6.07 Å². The first-order chi connectivity index (χ1) is 14.0. The summed E-state index contributed by atoms with van der Waals surface area (Å²) >= 11 is 0. The van der Waals surface area contributed by atoms with E-state index in [-0.39, 0.29) is 35.1 Å². The Morgan fingerprint density at radius 3 is 2.57 bits per heavy atom. The number of Topliss-reactive ketones (excluding diaryl/α,β-unsaturated/α-hetero) is 1. The van der Waals surface area contributed by atoms with Gasteiger partial charge in [-0.3, -0.25) is 9.59 Å². The maximum absolute atomic E-state index is 13.3. The molecule has 0 amide bonds. The first-order valence-corrected chi connectivity index (χ1v) is 11.9. The molecule has 166 valence electrons. The standard InChI is InChI=1S/C25H37NO4/c1-15(27)30-24(3)9-7-18-16(13-24)5-6-20-19(18)8-10-25(4)21(20)11-17(22(25)28)12-23(2,29)14-26/h16-21,29H,5-13H2,1-4H3/t16-,17?,18+,19-,20-,21+,23?,24-,25+/m1/s1. The zero-order chi connectivity index (χ0) is 21.9. The van der Waals surface area contributed by atoms with Crippen molar-refractivity contribution in [2.24, 2.45) is 40.9 Å². The second-order valence-corrected chi connectivity index (χ2v) is 11.6. The third kappa shape index (κ3) is 3.60. The lowest BCUT2D eigenvalue weighted by Crippen LogP contribution is -2.51. The molecule has 0 aromatic rings. The summed E-state index contributed by atoms with van der Waals surface area (Å²) in [5.41, 5.74) is -2.03. The first-order valence-electron chi connectivity index (χ1n) is 11.9. The molecule has 0 aromatic carbocycles. The molecule has 4 rings (SSSR count). The molecule has 0 radical (unpaired) electrons. The lowest BCUT2D eigenvalue weighted by molar-refractivity contribution is -0.166. The van der Waals surface area contributed by atoms with Gasteiger partial charge in [-0.25, -0.2) is 0 Å². The van der Waals surface area contributed by atoms with Gasteiger partial charge in [0.1, 0.15) is 17.0 Å². The molecule has 5 heteroatoms. The van der Waals surface area contributed by atoms with Crippen molar-refractivity contribution in [1.82, 2.24) is 0 Å². The van der Waals surface area contributed by atoms with E-state index in [9.17, 15) is 20.0 Å². The van der Waals surface area contributed by atoms with Crippen molar-refractivity contribution in [2.45, 2.75) is 96.7 Å². The molecule has 0 spiro atoms. The average molecular weight is 416 g/mol. The summed E-state index contributed by atoms with van der Waals surface area (Å²) in [6.45, 7) is 7.28. The highest BCUT2D eigenvalue weighted by Crippen LogP contribution is 2.63. The van der Waals surface area contributed by atoms with Crippen LogP contribution in [0.5, 0.6) is 0 Å². The van der Waals surface area contributed by atoms with E-state index in [1.165, 1.54) is 13.8 Å². The largest absolute Gasteiger partial charge is 0.460 e. The lowest BCUT2D eigenvalue weighted by atomic mass is 9.50. The fourth-order valence-electron chi connectivity index (χ4n) is 8.15. The minimum atomic E-state index is -1.42. The van der Waals surface area contributed by atoms with Crippen LogP contribution in [0, 0.1) is 52.3 Å². The molecule has 4 fully saturated rings. The molecule has 30 heavy (non-hydrogen) atoms. The molecule has 0 heterocycles. The number of aliphatic hydroxyl groups is 1. The third-order valence-electron chi connectivity index (χ3n) is 9.36. The van der Waals surface area contributed by atoms with Crippen molar-refractivity contribution in [3.63, 3.8) is 0 Å². The van der Waals surface area contributed by atoms with E-state index in [1.54, 1.807) is 0 Å². The van der Waals surface area contributed by atoms with E-state index in [2.05, 4.69) is 13.8 Å². The fourth-order valence-corrected chi connectivity index (χ4v) is 8.15. The van der Waals surface area contributed by atoms with Gasteiger partial charge >= 0.3 is 5.97 Å².